The lowest BCUT2D eigenvalue weighted by Gasteiger charge is -2.44. The zero-order valence-electron chi connectivity index (χ0n) is 17.9. The molecule has 2 heterocycles. The molecule has 1 saturated carbocycles. The minimum Gasteiger partial charge on any atom is -0.339 e. The molecule has 1 amide bonds. The first-order valence-electron chi connectivity index (χ1n) is 11.1. The summed E-state index contributed by atoms with van der Waals surface area (Å²) in [5.74, 6) is 1.81. The van der Waals surface area contributed by atoms with Gasteiger partial charge < -0.3 is 9.47 Å². The van der Waals surface area contributed by atoms with Crippen molar-refractivity contribution in [2.24, 2.45) is 11.8 Å². The molecule has 0 N–H and O–H groups in total. The van der Waals surface area contributed by atoms with E-state index in [1.165, 1.54) is 43.5 Å². The second-order valence-electron chi connectivity index (χ2n) is 8.92. The fourth-order valence-corrected chi connectivity index (χ4v) is 5.74. The lowest BCUT2D eigenvalue weighted by molar-refractivity contribution is -0.134. The van der Waals surface area contributed by atoms with E-state index < -0.39 is 0 Å². The van der Waals surface area contributed by atoms with Gasteiger partial charge in [0.05, 0.1) is 11.3 Å². The predicted octanol–water partition coefficient (Wildman–Crippen LogP) is 5.01. The average molecular weight is 431 g/mol. The average Bonchev–Trinajstić information content (AvgIpc) is 3.13. The third kappa shape index (κ3) is 4.56. The second kappa shape index (κ2) is 9.50. The molecule has 1 aliphatic carbocycles. The topological polar surface area (TPSA) is 51.0 Å². The van der Waals surface area contributed by atoms with Gasteiger partial charge in [-0.25, -0.2) is 4.39 Å². The number of benzene rings is 1. The van der Waals surface area contributed by atoms with Crippen LogP contribution in [0.4, 0.5) is 4.39 Å². The molecule has 162 valence electrons. The van der Waals surface area contributed by atoms with Crippen molar-refractivity contribution in [3.8, 4) is 11.4 Å². The third-order valence-corrected chi connectivity index (χ3v) is 7.22. The molecule has 1 saturated heterocycles. The molecular weight excluding hydrogens is 399 g/mol. The Balaban J connectivity index is 1.50. The number of thioether (sulfide) groups is 1. The molecule has 2 fully saturated rings. The van der Waals surface area contributed by atoms with Crippen molar-refractivity contribution in [1.82, 2.24) is 19.7 Å². The summed E-state index contributed by atoms with van der Waals surface area (Å²) < 4.78 is 16.3. The maximum Gasteiger partial charge on any atom is 0.233 e. The molecule has 30 heavy (non-hydrogen) atoms. The molecule has 7 heteroatoms. The van der Waals surface area contributed by atoms with Gasteiger partial charge in [0.2, 0.25) is 5.91 Å². The molecule has 0 bridgehead atoms. The summed E-state index contributed by atoms with van der Waals surface area (Å²) in [6, 6.07) is 7.07. The Kier molecular flexibility index (Phi) is 6.76. The summed E-state index contributed by atoms with van der Waals surface area (Å²) in [6.45, 7) is 5.78. The first-order valence-corrected chi connectivity index (χ1v) is 12.1. The van der Waals surface area contributed by atoms with Gasteiger partial charge in [-0.2, -0.15) is 0 Å². The van der Waals surface area contributed by atoms with Crippen LogP contribution >= 0.6 is 11.8 Å². The Bertz CT molecular complexity index is 882. The number of fused-ring (bicyclic) bond motifs is 1. The Morgan fingerprint density at radius 1 is 1.17 bits per heavy atom. The molecule has 2 unspecified atom stereocenters. The number of hydrogen-bond donors (Lipinski definition) is 0. The smallest absolute Gasteiger partial charge is 0.233 e. The Morgan fingerprint density at radius 3 is 2.73 bits per heavy atom. The van der Waals surface area contributed by atoms with Crippen LogP contribution in [-0.2, 0) is 11.3 Å². The van der Waals surface area contributed by atoms with Crippen molar-refractivity contribution in [2.75, 3.05) is 12.3 Å². The normalized spacial score (nSPS) is 21.7. The van der Waals surface area contributed by atoms with Crippen LogP contribution in [0, 0.1) is 17.7 Å². The maximum atomic E-state index is 14.4. The van der Waals surface area contributed by atoms with Gasteiger partial charge in [0.25, 0.3) is 0 Å². The Labute approximate surface area is 182 Å². The first kappa shape index (κ1) is 21.3. The van der Waals surface area contributed by atoms with Crippen LogP contribution in [0.2, 0.25) is 0 Å². The highest BCUT2D eigenvalue weighted by Crippen LogP contribution is 2.36. The van der Waals surface area contributed by atoms with Crippen LogP contribution in [-0.4, -0.2) is 43.9 Å². The minimum absolute atomic E-state index is 0.197. The summed E-state index contributed by atoms with van der Waals surface area (Å²) in [6.07, 6.45) is 7.30. The molecular formula is C23H31FN4OS. The predicted molar refractivity (Wildman–Crippen MR) is 118 cm³/mol. The van der Waals surface area contributed by atoms with Crippen molar-refractivity contribution in [2.45, 2.75) is 70.1 Å². The highest BCUT2D eigenvalue weighted by atomic mass is 32.2. The zero-order chi connectivity index (χ0) is 21.1. The van der Waals surface area contributed by atoms with E-state index in [-0.39, 0.29) is 11.7 Å². The summed E-state index contributed by atoms with van der Waals surface area (Å²) in [5.41, 5.74) is 0.449. The number of aromatic nitrogens is 3. The van der Waals surface area contributed by atoms with Gasteiger partial charge in [-0.1, -0.05) is 50.6 Å². The van der Waals surface area contributed by atoms with Gasteiger partial charge in [-0.05, 0) is 49.7 Å². The summed E-state index contributed by atoms with van der Waals surface area (Å²) in [4.78, 5) is 15.2. The van der Waals surface area contributed by atoms with E-state index in [4.69, 9.17) is 0 Å². The van der Waals surface area contributed by atoms with Crippen molar-refractivity contribution >= 4 is 17.7 Å². The number of carbonyl (C=O) groups excluding carboxylic acids is 1. The van der Waals surface area contributed by atoms with Gasteiger partial charge in [-0.15, -0.1) is 10.2 Å². The van der Waals surface area contributed by atoms with Crippen molar-refractivity contribution in [1.29, 1.82) is 0 Å². The summed E-state index contributed by atoms with van der Waals surface area (Å²) in [7, 11) is 0. The van der Waals surface area contributed by atoms with Crippen molar-refractivity contribution in [3.05, 3.63) is 30.1 Å². The number of piperidine rings is 1. The van der Waals surface area contributed by atoms with E-state index in [0.717, 1.165) is 19.4 Å². The van der Waals surface area contributed by atoms with Gasteiger partial charge in [-0.3, -0.25) is 4.79 Å². The lowest BCUT2D eigenvalue weighted by Crippen LogP contribution is -2.50. The molecule has 2 aromatic rings. The van der Waals surface area contributed by atoms with E-state index >= 15 is 0 Å². The number of rotatable bonds is 6. The van der Waals surface area contributed by atoms with Gasteiger partial charge >= 0.3 is 0 Å². The molecule has 5 nitrogen and oxygen atoms in total. The van der Waals surface area contributed by atoms with E-state index in [9.17, 15) is 9.18 Å². The second-order valence-corrected chi connectivity index (χ2v) is 9.86. The standard InChI is InChI=1S/C23H31FN4OS/c1-16(2)14-28-22(18-10-4-5-11-19(18)24)25-26-23(28)30-15-21(29)27-13-7-9-17-8-3-6-12-20(17)27/h4-5,10-11,16-17,20H,3,6-9,12-15H2,1-2H3. The van der Waals surface area contributed by atoms with E-state index in [0.29, 0.717) is 46.7 Å². The highest BCUT2D eigenvalue weighted by Gasteiger charge is 2.35. The SMILES string of the molecule is CC(C)Cn1c(SCC(=O)N2CCCC3CCCCC32)nnc1-c1ccccc1F. The van der Waals surface area contributed by atoms with Crippen LogP contribution in [0.25, 0.3) is 11.4 Å². The van der Waals surface area contributed by atoms with Crippen LogP contribution < -0.4 is 0 Å². The fraction of sp³-hybridized carbons (Fsp3) is 0.609. The van der Waals surface area contributed by atoms with Crippen LogP contribution in [0.3, 0.4) is 0 Å². The monoisotopic (exact) mass is 430 g/mol. The summed E-state index contributed by atoms with van der Waals surface area (Å²) in [5, 5.41) is 9.29. The minimum atomic E-state index is -0.306. The molecule has 0 radical (unpaired) electrons. The number of nitrogens with zero attached hydrogens (tertiary/aromatic N) is 4. The fourth-order valence-electron chi connectivity index (χ4n) is 4.91. The molecule has 0 spiro atoms. The van der Waals surface area contributed by atoms with E-state index in [2.05, 4.69) is 28.9 Å². The quantitative estimate of drug-likeness (QED) is 0.604. The Morgan fingerprint density at radius 2 is 1.93 bits per heavy atom. The number of amides is 1. The van der Waals surface area contributed by atoms with Gasteiger partial charge in [0.15, 0.2) is 11.0 Å². The molecule has 1 aromatic heterocycles. The molecule has 2 aliphatic rings. The van der Waals surface area contributed by atoms with Crippen LogP contribution in [0.5, 0.6) is 0 Å². The molecule has 1 aromatic carbocycles. The van der Waals surface area contributed by atoms with E-state index in [1.54, 1.807) is 18.2 Å². The van der Waals surface area contributed by atoms with Crippen LogP contribution in [0.15, 0.2) is 29.4 Å². The number of carbonyl (C=O) groups is 1. The third-order valence-electron chi connectivity index (χ3n) is 6.27. The number of halogens is 1. The van der Waals surface area contributed by atoms with Gasteiger partial charge in [0.1, 0.15) is 5.82 Å². The highest BCUT2D eigenvalue weighted by molar-refractivity contribution is 7.99. The summed E-state index contributed by atoms with van der Waals surface area (Å²) >= 11 is 1.43. The van der Waals surface area contributed by atoms with Crippen molar-refractivity contribution < 1.29 is 9.18 Å². The van der Waals surface area contributed by atoms with Gasteiger partial charge in [0, 0.05) is 19.1 Å². The van der Waals surface area contributed by atoms with Crippen molar-refractivity contribution in [3.63, 3.8) is 0 Å². The molecule has 1 aliphatic heterocycles. The zero-order valence-corrected chi connectivity index (χ0v) is 18.7. The number of hydrogen-bond acceptors (Lipinski definition) is 4. The van der Waals surface area contributed by atoms with Crippen LogP contribution in [0.1, 0.15) is 52.4 Å². The number of likely N-dealkylation sites (tertiary alicyclic amines) is 1. The molecule has 4 rings (SSSR count). The maximum absolute atomic E-state index is 14.4. The largest absolute Gasteiger partial charge is 0.339 e. The van der Waals surface area contributed by atoms with E-state index in [1.807, 2.05) is 4.57 Å². The Hall–Kier alpha value is -1.89. The lowest BCUT2D eigenvalue weighted by atomic mass is 9.78. The first-order chi connectivity index (χ1) is 14.5. The molecule has 2 atom stereocenters.